The molecule has 35 heavy (non-hydrogen) atoms. The third-order valence-corrected chi connectivity index (χ3v) is 7.06. The van der Waals surface area contributed by atoms with Gasteiger partial charge in [0, 0.05) is 23.5 Å². The summed E-state index contributed by atoms with van der Waals surface area (Å²) in [5.41, 5.74) is -6.65. The van der Waals surface area contributed by atoms with Gasteiger partial charge in [0.1, 0.15) is 5.60 Å². The summed E-state index contributed by atoms with van der Waals surface area (Å²) in [6, 6.07) is 12.6. The second kappa shape index (κ2) is 9.24. The van der Waals surface area contributed by atoms with E-state index in [1.54, 1.807) is 32.9 Å². The van der Waals surface area contributed by atoms with E-state index in [4.69, 9.17) is 4.74 Å². The molecule has 1 unspecified atom stereocenters. The molecular formula is C24H25F6NO3S. The maximum absolute atomic E-state index is 13.3. The van der Waals surface area contributed by atoms with E-state index >= 15 is 0 Å². The van der Waals surface area contributed by atoms with E-state index in [9.17, 15) is 36.2 Å². The summed E-state index contributed by atoms with van der Waals surface area (Å²) in [7, 11) is 0. The molecule has 1 N–H and O–H groups in total. The SMILES string of the molecule is CC(C)(C)OC(=O)N1CCC(Sc2ccccc2)(c2ccc(C(O)(C(F)(F)F)C(F)(F)F)cc2)C1. The molecule has 2 aromatic rings. The van der Waals surface area contributed by atoms with Gasteiger partial charge in [0.15, 0.2) is 0 Å². The Morgan fingerprint density at radius 2 is 1.49 bits per heavy atom. The Morgan fingerprint density at radius 1 is 0.943 bits per heavy atom. The molecule has 2 aromatic carbocycles. The molecule has 0 aromatic heterocycles. The summed E-state index contributed by atoms with van der Waals surface area (Å²) in [5.74, 6) is 0. The second-order valence-electron chi connectivity index (χ2n) is 9.34. The first-order chi connectivity index (χ1) is 16.0. The Balaban J connectivity index is 2.00. The lowest BCUT2D eigenvalue weighted by atomic mass is 9.89. The van der Waals surface area contributed by atoms with Crippen molar-refractivity contribution in [1.29, 1.82) is 0 Å². The van der Waals surface area contributed by atoms with Crippen LogP contribution in [0.4, 0.5) is 31.1 Å². The number of thioether (sulfide) groups is 1. The fourth-order valence-electron chi connectivity index (χ4n) is 3.86. The normalized spacial score (nSPS) is 19.7. The summed E-state index contributed by atoms with van der Waals surface area (Å²) in [5, 5.41) is 9.71. The van der Waals surface area contributed by atoms with Crippen molar-refractivity contribution >= 4 is 17.9 Å². The molecule has 1 amide bonds. The molecule has 11 heteroatoms. The van der Waals surface area contributed by atoms with Crippen LogP contribution in [0, 0.1) is 0 Å². The van der Waals surface area contributed by atoms with Gasteiger partial charge in [-0.1, -0.05) is 42.5 Å². The standard InChI is InChI=1S/C24H25F6NO3S/c1-20(2,3)34-19(32)31-14-13-21(15-31,35-18-7-5-4-6-8-18)16-9-11-17(12-10-16)22(33,23(25,26)27)24(28,29)30/h4-12,33H,13-15H2,1-3H3. The van der Waals surface area contributed by atoms with E-state index in [0.29, 0.717) is 24.1 Å². The number of ether oxygens (including phenoxy) is 1. The number of carbonyl (C=O) groups excluding carboxylic acids is 1. The zero-order valence-corrected chi connectivity index (χ0v) is 20.0. The summed E-state index contributed by atoms with van der Waals surface area (Å²) < 4.78 is 84.3. The summed E-state index contributed by atoms with van der Waals surface area (Å²) in [6.45, 7) is 5.56. The van der Waals surface area contributed by atoms with Crippen LogP contribution >= 0.6 is 11.8 Å². The molecule has 0 bridgehead atoms. The molecule has 0 aliphatic carbocycles. The number of likely N-dealkylation sites (tertiary alicyclic amines) is 1. The van der Waals surface area contributed by atoms with Crippen LogP contribution in [0.15, 0.2) is 59.5 Å². The van der Waals surface area contributed by atoms with E-state index in [1.165, 1.54) is 16.7 Å². The average Bonchev–Trinajstić information content (AvgIpc) is 3.16. The van der Waals surface area contributed by atoms with Crippen LogP contribution in [-0.4, -0.2) is 47.1 Å². The van der Waals surface area contributed by atoms with Gasteiger partial charge in [-0.25, -0.2) is 4.79 Å². The largest absolute Gasteiger partial charge is 0.444 e. The molecule has 1 heterocycles. The third kappa shape index (κ3) is 5.55. The van der Waals surface area contributed by atoms with E-state index in [-0.39, 0.29) is 13.1 Å². The predicted octanol–water partition coefficient (Wildman–Crippen LogP) is 6.63. The zero-order valence-electron chi connectivity index (χ0n) is 19.2. The monoisotopic (exact) mass is 521 g/mol. The molecule has 1 saturated heterocycles. The highest BCUT2D eigenvalue weighted by Gasteiger charge is 2.71. The Labute approximate surface area is 203 Å². The van der Waals surface area contributed by atoms with E-state index in [0.717, 1.165) is 17.0 Å². The second-order valence-corrected chi connectivity index (χ2v) is 10.8. The Morgan fingerprint density at radius 3 is 1.97 bits per heavy atom. The minimum absolute atomic E-state index is 0.129. The van der Waals surface area contributed by atoms with Crippen molar-refractivity contribution in [3.63, 3.8) is 0 Å². The molecular weight excluding hydrogens is 496 g/mol. The van der Waals surface area contributed by atoms with Gasteiger partial charge in [0.05, 0.1) is 4.75 Å². The summed E-state index contributed by atoms with van der Waals surface area (Å²) in [6.07, 6.45) is -12.1. The smallest absolute Gasteiger partial charge is 0.430 e. The topological polar surface area (TPSA) is 49.8 Å². The lowest BCUT2D eigenvalue weighted by molar-refractivity contribution is -0.376. The molecule has 1 aliphatic heterocycles. The predicted molar refractivity (Wildman–Crippen MR) is 119 cm³/mol. The number of nitrogens with zero attached hydrogens (tertiary/aromatic N) is 1. The first-order valence-corrected chi connectivity index (χ1v) is 11.5. The van der Waals surface area contributed by atoms with Crippen LogP contribution in [-0.2, 0) is 15.1 Å². The molecule has 3 rings (SSSR count). The maximum Gasteiger partial charge on any atom is 0.430 e. The first-order valence-electron chi connectivity index (χ1n) is 10.7. The molecule has 1 aliphatic rings. The number of halogens is 6. The highest BCUT2D eigenvalue weighted by molar-refractivity contribution is 8.00. The minimum Gasteiger partial charge on any atom is -0.444 e. The lowest BCUT2D eigenvalue weighted by Crippen LogP contribution is -2.53. The van der Waals surface area contributed by atoms with Crippen molar-refractivity contribution in [3.05, 3.63) is 65.7 Å². The molecule has 4 nitrogen and oxygen atoms in total. The van der Waals surface area contributed by atoms with Gasteiger partial charge in [-0.05, 0) is 44.9 Å². The molecule has 192 valence electrons. The lowest BCUT2D eigenvalue weighted by Gasteiger charge is -2.34. The first kappa shape index (κ1) is 27.2. The number of alkyl halides is 6. The van der Waals surface area contributed by atoms with Gasteiger partial charge in [-0.3, -0.25) is 0 Å². The number of benzene rings is 2. The molecule has 0 spiro atoms. The number of hydrogen-bond donors (Lipinski definition) is 1. The van der Waals surface area contributed by atoms with Gasteiger partial charge in [-0.15, -0.1) is 11.8 Å². The molecule has 1 fully saturated rings. The van der Waals surface area contributed by atoms with Crippen LogP contribution in [0.2, 0.25) is 0 Å². The van der Waals surface area contributed by atoms with Crippen LogP contribution in [0.5, 0.6) is 0 Å². The van der Waals surface area contributed by atoms with Crippen molar-refractivity contribution in [2.24, 2.45) is 0 Å². The van der Waals surface area contributed by atoms with Crippen molar-refractivity contribution < 1.29 is 41.0 Å². The Hall–Kier alpha value is -2.40. The van der Waals surface area contributed by atoms with Gasteiger partial charge < -0.3 is 14.7 Å². The zero-order chi connectivity index (χ0) is 26.3. The summed E-state index contributed by atoms with van der Waals surface area (Å²) in [4.78, 5) is 14.9. The Bertz CT molecular complexity index is 1020. The number of carbonyl (C=O) groups is 1. The number of amides is 1. The molecule has 0 saturated carbocycles. The number of aliphatic hydroxyl groups is 1. The van der Waals surface area contributed by atoms with E-state index in [2.05, 4.69) is 0 Å². The minimum atomic E-state index is -5.97. The Kier molecular flexibility index (Phi) is 7.18. The van der Waals surface area contributed by atoms with Gasteiger partial charge >= 0.3 is 18.4 Å². The van der Waals surface area contributed by atoms with Crippen molar-refractivity contribution in [2.45, 2.75) is 60.4 Å². The van der Waals surface area contributed by atoms with Crippen LogP contribution < -0.4 is 0 Å². The third-order valence-electron chi connectivity index (χ3n) is 5.59. The molecule has 0 radical (unpaired) electrons. The number of rotatable bonds is 4. The molecule has 1 atom stereocenters. The summed E-state index contributed by atoms with van der Waals surface area (Å²) >= 11 is 1.36. The van der Waals surface area contributed by atoms with Crippen LogP contribution in [0.1, 0.15) is 38.3 Å². The quantitative estimate of drug-likeness (QED) is 0.459. The van der Waals surface area contributed by atoms with Gasteiger partial charge in [-0.2, -0.15) is 26.3 Å². The van der Waals surface area contributed by atoms with Crippen LogP contribution in [0.3, 0.4) is 0 Å². The van der Waals surface area contributed by atoms with Gasteiger partial charge in [0.2, 0.25) is 0 Å². The van der Waals surface area contributed by atoms with Crippen molar-refractivity contribution in [3.8, 4) is 0 Å². The van der Waals surface area contributed by atoms with Gasteiger partial charge in [0.25, 0.3) is 5.60 Å². The van der Waals surface area contributed by atoms with Crippen molar-refractivity contribution in [2.75, 3.05) is 13.1 Å². The van der Waals surface area contributed by atoms with E-state index < -0.39 is 40.0 Å². The highest BCUT2D eigenvalue weighted by atomic mass is 32.2. The van der Waals surface area contributed by atoms with E-state index in [1.807, 2.05) is 18.2 Å². The highest BCUT2D eigenvalue weighted by Crippen LogP contribution is 2.52. The fourth-order valence-corrected chi connectivity index (χ4v) is 5.27. The number of hydrogen-bond acceptors (Lipinski definition) is 4. The van der Waals surface area contributed by atoms with Crippen molar-refractivity contribution in [1.82, 2.24) is 4.90 Å². The fraction of sp³-hybridized carbons (Fsp3) is 0.458. The maximum atomic E-state index is 13.3. The average molecular weight is 522 g/mol. The van der Waals surface area contributed by atoms with Crippen LogP contribution in [0.25, 0.3) is 0 Å².